The van der Waals surface area contributed by atoms with Crippen molar-refractivity contribution in [3.63, 3.8) is 0 Å². The number of hydrogen-bond donors (Lipinski definition) is 2. The van der Waals surface area contributed by atoms with E-state index >= 15 is 0 Å². The molecule has 0 fully saturated rings. The second-order valence-electron chi connectivity index (χ2n) is 7.18. The van der Waals surface area contributed by atoms with Crippen LogP contribution in [0.1, 0.15) is 5.56 Å². The van der Waals surface area contributed by atoms with Gasteiger partial charge < -0.3 is 14.9 Å². The average molecular weight is 473 g/mol. The molecule has 2 N–H and O–H groups in total. The second-order valence-corrected chi connectivity index (χ2v) is 7.57. The molecule has 0 atom stereocenters. The Labute approximate surface area is 199 Å². The summed E-state index contributed by atoms with van der Waals surface area (Å²) in [5, 5.41) is 18.9. The standard InChI is InChI=1S/C23H20N8O2S/c1-32-20-14-16(15-24-31-21(25-27-23(31)34)17-8-4-2-5-9-17)12-13-19(20)33-22-26-28-29-30(22)18-10-6-3-7-11-18/h2-14,24H,15H2,1H3,(H,27,34). The first kappa shape index (κ1) is 21.3. The van der Waals surface area contributed by atoms with Crippen molar-refractivity contribution in [2.45, 2.75) is 6.54 Å². The molecule has 0 spiro atoms. The van der Waals surface area contributed by atoms with Crippen molar-refractivity contribution in [2.75, 3.05) is 12.5 Å². The molecule has 0 saturated heterocycles. The zero-order chi connectivity index (χ0) is 23.3. The number of ether oxygens (including phenoxy) is 2. The number of aromatic nitrogens is 7. The van der Waals surface area contributed by atoms with Gasteiger partial charge in [0.05, 0.1) is 19.3 Å². The normalized spacial score (nSPS) is 10.7. The third-order valence-electron chi connectivity index (χ3n) is 5.02. The molecule has 0 amide bonds. The number of methoxy groups -OCH3 is 1. The van der Waals surface area contributed by atoms with Gasteiger partial charge in [0.1, 0.15) is 0 Å². The summed E-state index contributed by atoms with van der Waals surface area (Å²) < 4.78 is 15.3. The van der Waals surface area contributed by atoms with Crippen LogP contribution in [0.25, 0.3) is 17.1 Å². The monoisotopic (exact) mass is 472 g/mol. The second kappa shape index (κ2) is 9.55. The van der Waals surface area contributed by atoms with Crippen LogP contribution in [0.5, 0.6) is 17.5 Å². The van der Waals surface area contributed by atoms with E-state index < -0.39 is 0 Å². The van der Waals surface area contributed by atoms with Crippen molar-refractivity contribution >= 4 is 12.2 Å². The van der Waals surface area contributed by atoms with Crippen molar-refractivity contribution in [1.29, 1.82) is 0 Å². The van der Waals surface area contributed by atoms with Gasteiger partial charge in [0.2, 0.25) is 4.77 Å². The number of H-pyrrole nitrogens is 1. The van der Waals surface area contributed by atoms with Crippen LogP contribution in [-0.2, 0) is 6.54 Å². The van der Waals surface area contributed by atoms with E-state index in [1.54, 1.807) is 11.8 Å². The lowest BCUT2D eigenvalue weighted by Crippen LogP contribution is -2.16. The first-order valence-electron chi connectivity index (χ1n) is 10.4. The molecule has 0 radical (unpaired) electrons. The van der Waals surface area contributed by atoms with E-state index in [1.165, 1.54) is 4.68 Å². The topological polar surface area (TPSA) is 108 Å². The van der Waals surface area contributed by atoms with Gasteiger partial charge in [-0.2, -0.15) is 9.78 Å². The van der Waals surface area contributed by atoms with Crippen LogP contribution in [0.3, 0.4) is 0 Å². The van der Waals surface area contributed by atoms with E-state index in [0.29, 0.717) is 28.6 Å². The van der Waals surface area contributed by atoms with E-state index in [1.807, 2.05) is 78.9 Å². The van der Waals surface area contributed by atoms with Crippen molar-refractivity contribution in [3.8, 4) is 34.6 Å². The highest BCUT2D eigenvalue weighted by Gasteiger charge is 2.15. The van der Waals surface area contributed by atoms with Gasteiger partial charge in [-0.3, -0.25) is 0 Å². The molecule has 0 unspecified atom stereocenters. The summed E-state index contributed by atoms with van der Waals surface area (Å²) in [4.78, 5) is 0. The molecule has 5 aromatic rings. The van der Waals surface area contributed by atoms with E-state index in [9.17, 15) is 0 Å². The van der Waals surface area contributed by atoms with E-state index in [0.717, 1.165) is 16.8 Å². The minimum absolute atomic E-state index is 0.229. The number of rotatable bonds is 8. The van der Waals surface area contributed by atoms with E-state index in [-0.39, 0.29) is 6.01 Å². The number of nitrogens with one attached hydrogen (secondary N) is 2. The Hall–Kier alpha value is -4.51. The zero-order valence-corrected chi connectivity index (χ0v) is 18.9. The van der Waals surface area contributed by atoms with Gasteiger partial charge in [0.15, 0.2) is 17.3 Å². The SMILES string of the molecule is COc1cc(CNn2c(-c3ccccc3)n[nH]c2=S)ccc1Oc1nnnn1-c1ccccc1. The van der Waals surface area contributed by atoms with Gasteiger partial charge in [-0.1, -0.05) is 59.7 Å². The van der Waals surface area contributed by atoms with E-state index in [2.05, 4.69) is 31.1 Å². The number of para-hydroxylation sites is 1. The van der Waals surface area contributed by atoms with Crippen LogP contribution in [-0.4, -0.2) is 42.2 Å². The van der Waals surface area contributed by atoms with Gasteiger partial charge in [0, 0.05) is 5.56 Å². The molecule has 3 aromatic carbocycles. The number of nitrogens with zero attached hydrogens (tertiary/aromatic N) is 6. The maximum Gasteiger partial charge on any atom is 0.346 e. The van der Waals surface area contributed by atoms with Crippen molar-refractivity contribution in [2.24, 2.45) is 0 Å². The molecule has 5 rings (SSSR count). The predicted octanol–water partition coefficient (Wildman–Crippen LogP) is 4.13. The number of hydrogen-bond acceptors (Lipinski definition) is 8. The highest BCUT2D eigenvalue weighted by atomic mass is 32.1. The molecule has 11 heteroatoms. The van der Waals surface area contributed by atoms with Crippen LogP contribution in [0.4, 0.5) is 0 Å². The third-order valence-corrected chi connectivity index (χ3v) is 5.29. The third kappa shape index (κ3) is 4.36. The van der Waals surface area contributed by atoms with Gasteiger partial charge in [0.25, 0.3) is 0 Å². The summed E-state index contributed by atoms with van der Waals surface area (Å²) in [5.74, 6) is 1.73. The van der Waals surface area contributed by atoms with Crippen LogP contribution in [0.15, 0.2) is 78.9 Å². The first-order chi connectivity index (χ1) is 16.7. The van der Waals surface area contributed by atoms with Gasteiger partial charge in [-0.05, 0) is 52.5 Å². The number of tetrazole rings is 1. The van der Waals surface area contributed by atoms with Crippen LogP contribution < -0.4 is 14.9 Å². The van der Waals surface area contributed by atoms with Crippen LogP contribution >= 0.6 is 12.2 Å². The summed E-state index contributed by atoms with van der Waals surface area (Å²) in [5.41, 5.74) is 5.99. The summed E-state index contributed by atoms with van der Waals surface area (Å²) >= 11 is 5.39. The Morgan fingerprint density at radius 2 is 1.74 bits per heavy atom. The molecular formula is C23H20N8O2S. The predicted molar refractivity (Wildman–Crippen MR) is 128 cm³/mol. The lowest BCUT2D eigenvalue weighted by atomic mass is 10.2. The number of aromatic amines is 1. The Kier molecular flexibility index (Phi) is 5.99. The Bertz CT molecular complexity index is 1450. The van der Waals surface area contributed by atoms with Crippen LogP contribution in [0, 0.1) is 4.77 Å². The molecule has 2 aromatic heterocycles. The maximum atomic E-state index is 5.97. The highest BCUT2D eigenvalue weighted by Crippen LogP contribution is 2.32. The fourth-order valence-electron chi connectivity index (χ4n) is 3.37. The van der Waals surface area contributed by atoms with Gasteiger partial charge in [-0.25, -0.2) is 9.77 Å². The van der Waals surface area contributed by atoms with Crippen molar-refractivity contribution in [3.05, 3.63) is 89.2 Å². The molecule has 0 aliphatic heterocycles. The quantitative estimate of drug-likeness (QED) is 0.325. The Morgan fingerprint density at radius 3 is 2.50 bits per heavy atom. The molecule has 0 aliphatic carbocycles. The first-order valence-corrected chi connectivity index (χ1v) is 10.8. The zero-order valence-electron chi connectivity index (χ0n) is 18.1. The molecule has 170 valence electrons. The summed E-state index contributed by atoms with van der Waals surface area (Å²) in [6.07, 6.45) is 0. The summed E-state index contributed by atoms with van der Waals surface area (Å²) in [6.45, 7) is 0.478. The fourth-order valence-corrected chi connectivity index (χ4v) is 3.57. The number of benzene rings is 3. The molecule has 0 aliphatic rings. The molecular weight excluding hydrogens is 452 g/mol. The lowest BCUT2D eigenvalue weighted by molar-refractivity contribution is 0.363. The van der Waals surface area contributed by atoms with E-state index in [4.69, 9.17) is 21.7 Å². The smallest absolute Gasteiger partial charge is 0.346 e. The largest absolute Gasteiger partial charge is 0.493 e. The van der Waals surface area contributed by atoms with Gasteiger partial charge in [-0.15, -0.1) is 0 Å². The average Bonchev–Trinajstić information content (AvgIpc) is 3.50. The maximum absolute atomic E-state index is 5.97. The van der Waals surface area contributed by atoms with Crippen molar-refractivity contribution < 1.29 is 9.47 Å². The fraction of sp³-hybridized carbons (Fsp3) is 0.0870. The molecule has 0 saturated carbocycles. The molecule has 34 heavy (non-hydrogen) atoms. The minimum atomic E-state index is 0.229. The van der Waals surface area contributed by atoms with Crippen LogP contribution in [0.2, 0.25) is 0 Å². The van der Waals surface area contributed by atoms with Gasteiger partial charge >= 0.3 is 6.01 Å². The van der Waals surface area contributed by atoms with Crippen molar-refractivity contribution in [1.82, 2.24) is 35.1 Å². The summed E-state index contributed by atoms with van der Waals surface area (Å²) in [7, 11) is 1.58. The Balaban J connectivity index is 1.35. The molecule has 0 bridgehead atoms. The molecule has 2 heterocycles. The summed E-state index contributed by atoms with van der Waals surface area (Å²) in [6, 6.07) is 25.2. The highest BCUT2D eigenvalue weighted by molar-refractivity contribution is 7.71. The lowest BCUT2D eigenvalue weighted by Gasteiger charge is -2.13. The molecule has 10 nitrogen and oxygen atoms in total. The minimum Gasteiger partial charge on any atom is -0.493 e. The Morgan fingerprint density at radius 1 is 0.971 bits per heavy atom.